The molecule has 1 amide bonds. The van der Waals surface area contributed by atoms with Crippen LogP contribution in [0.15, 0.2) is 77.8 Å². The summed E-state index contributed by atoms with van der Waals surface area (Å²) in [6.07, 6.45) is 1.79. The number of hydrogen-bond donors (Lipinski definition) is 2. The first-order valence-electron chi connectivity index (χ1n) is 14.2. The fourth-order valence-electron chi connectivity index (χ4n) is 5.72. The minimum atomic E-state index is -3.73. The number of carbonyl (C=O) groups excluding carboxylic acids is 2. The normalized spacial score (nSPS) is 17.4. The van der Waals surface area contributed by atoms with E-state index in [4.69, 9.17) is 22.1 Å². The number of esters is 1. The monoisotopic (exact) mass is 638 g/mol. The number of pyridine rings is 1. The van der Waals surface area contributed by atoms with Gasteiger partial charge in [0.2, 0.25) is 5.91 Å². The van der Waals surface area contributed by atoms with Crippen molar-refractivity contribution in [1.82, 2.24) is 9.88 Å². The van der Waals surface area contributed by atoms with Crippen LogP contribution in [0.4, 0.5) is 15.9 Å². The molecule has 3 N–H and O–H groups in total. The van der Waals surface area contributed by atoms with E-state index in [1.54, 1.807) is 55.6 Å². The Morgan fingerprint density at radius 3 is 2.66 bits per heavy atom. The minimum Gasteiger partial charge on any atom is -0.466 e. The summed E-state index contributed by atoms with van der Waals surface area (Å²) in [6.45, 7) is 3.43. The third-order valence-electron chi connectivity index (χ3n) is 7.85. The number of nitrogens with zero attached hydrogens (tertiary/aromatic N) is 2. The first kappa shape index (κ1) is 31.2. The zero-order chi connectivity index (χ0) is 31.6. The number of sulfone groups is 1. The Hall–Kier alpha value is -4.22. The number of amides is 1. The zero-order valence-electron chi connectivity index (χ0n) is 24.2. The third kappa shape index (κ3) is 6.07. The summed E-state index contributed by atoms with van der Waals surface area (Å²) in [5.74, 6) is -2.45. The summed E-state index contributed by atoms with van der Waals surface area (Å²) in [7, 11) is -3.73. The van der Waals surface area contributed by atoms with Crippen LogP contribution in [0.25, 0.3) is 10.8 Å². The Balaban J connectivity index is 1.63. The fraction of sp³-hybridized carbons (Fsp3) is 0.281. The molecule has 0 bridgehead atoms. The first-order chi connectivity index (χ1) is 21.1. The summed E-state index contributed by atoms with van der Waals surface area (Å²) in [4.78, 5) is 33.4. The molecule has 1 fully saturated rings. The average Bonchev–Trinajstić information content (AvgIpc) is 3.46. The summed E-state index contributed by atoms with van der Waals surface area (Å²) >= 11 is 6.27. The second kappa shape index (κ2) is 12.8. The molecule has 0 spiro atoms. The van der Waals surface area contributed by atoms with E-state index in [0.29, 0.717) is 22.5 Å². The molecule has 3 atom stereocenters. The van der Waals surface area contributed by atoms with Crippen molar-refractivity contribution in [2.24, 2.45) is 5.92 Å². The number of fused-ring (bicyclic) bond motifs is 1. The van der Waals surface area contributed by atoms with Crippen LogP contribution in [0, 0.1) is 11.7 Å². The van der Waals surface area contributed by atoms with Crippen molar-refractivity contribution in [1.29, 1.82) is 0 Å². The van der Waals surface area contributed by atoms with E-state index in [1.807, 2.05) is 0 Å². The number of carbonyl (C=O) groups is 2. The van der Waals surface area contributed by atoms with Crippen LogP contribution >= 0.6 is 11.6 Å². The van der Waals surface area contributed by atoms with Gasteiger partial charge in [-0.25, -0.2) is 17.8 Å². The zero-order valence-corrected chi connectivity index (χ0v) is 25.7. The van der Waals surface area contributed by atoms with E-state index in [0.717, 1.165) is 5.39 Å². The van der Waals surface area contributed by atoms with Gasteiger partial charge in [0, 0.05) is 34.4 Å². The van der Waals surface area contributed by atoms with Crippen molar-refractivity contribution in [3.05, 3.63) is 94.9 Å². The van der Waals surface area contributed by atoms with Crippen LogP contribution in [0.1, 0.15) is 43.5 Å². The van der Waals surface area contributed by atoms with E-state index >= 15 is 4.39 Å². The molecule has 4 aromatic rings. The lowest BCUT2D eigenvalue weighted by molar-refractivity contribution is -0.149. The minimum absolute atomic E-state index is 0.00959. The van der Waals surface area contributed by atoms with Crippen molar-refractivity contribution in [2.45, 2.75) is 37.2 Å². The molecule has 0 unspecified atom stereocenters. The van der Waals surface area contributed by atoms with Crippen molar-refractivity contribution < 1.29 is 27.1 Å². The quantitative estimate of drug-likeness (QED) is 0.223. The molecule has 12 heteroatoms. The van der Waals surface area contributed by atoms with Crippen LogP contribution in [-0.2, 0) is 24.2 Å². The lowest BCUT2D eigenvalue weighted by Gasteiger charge is -2.33. The number of likely N-dealkylation sites (tertiary alicyclic amines) is 1. The molecule has 230 valence electrons. The Labute approximate surface area is 260 Å². The third-order valence-corrected chi connectivity index (χ3v) is 9.88. The van der Waals surface area contributed by atoms with Crippen molar-refractivity contribution >= 4 is 55.6 Å². The van der Waals surface area contributed by atoms with Gasteiger partial charge in [0.1, 0.15) is 17.7 Å². The Kier molecular flexibility index (Phi) is 9.07. The second-order valence-corrected chi connectivity index (χ2v) is 13.1. The highest BCUT2D eigenvalue weighted by molar-refractivity contribution is 7.91. The van der Waals surface area contributed by atoms with E-state index in [1.165, 1.54) is 36.1 Å². The van der Waals surface area contributed by atoms with Gasteiger partial charge in [-0.15, -0.1) is 0 Å². The highest BCUT2D eigenvalue weighted by Crippen LogP contribution is 2.43. The second-order valence-electron chi connectivity index (χ2n) is 10.4. The summed E-state index contributed by atoms with van der Waals surface area (Å²) < 4.78 is 47.1. The Morgan fingerprint density at radius 1 is 1.14 bits per heavy atom. The number of benzene rings is 3. The average molecular weight is 639 g/mol. The summed E-state index contributed by atoms with van der Waals surface area (Å²) in [6, 6.07) is 15.0. The number of halogens is 2. The Bertz CT molecular complexity index is 1840. The van der Waals surface area contributed by atoms with Crippen LogP contribution in [0.3, 0.4) is 0 Å². The number of nitrogen functional groups attached to an aromatic ring is 1. The van der Waals surface area contributed by atoms with Crippen molar-refractivity contribution in [3.8, 4) is 0 Å². The van der Waals surface area contributed by atoms with E-state index in [2.05, 4.69) is 10.3 Å². The van der Waals surface area contributed by atoms with Crippen LogP contribution in [0.2, 0.25) is 5.02 Å². The number of ether oxygens (including phenoxy) is 1. The molecule has 0 radical (unpaired) electrons. The van der Waals surface area contributed by atoms with Crippen molar-refractivity contribution in [3.63, 3.8) is 0 Å². The molecular weight excluding hydrogens is 607 g/mol. The molecule has 0 saturated carbocycles. The molecule has 1 aromatic heterocycles. The number of nitrogens with two attached hydrogens (primary N) is 1. The molecule has 9 nitrogen and oxygen atoms in total. The number of nitrogens with one attached hydrogen (secondary N) is 1. The predicted molar refractivity (Wildman–Crippen MR) is 167 cm³/mol. The van der Waals surface area contributed by atoms with Gasteiger partial charge in [-0.3, -0.25) is 9.59 Å². The first-order valence-corrected chi connectivity index (χ1v) is 16.2. The highest BCUT2D eigenvalue weighted by atomic mass is 35.5. The van der Waals surface area contributed by atoms with Gasteiger partial charge in [-0.1, -0.05) is 36.7 Å². The molecule has 0 aliphatic carbocycles. The fourth-order valence-corrected chi connectivity index (χ4v) is 7.04. The summed E-state index contributed by atoms with van der Waals surface area (Å²) in [5.41, 5.74) is 6.80. The van der Waals surface area contributed by atoms with E-state index < -0.39 is 45.5 Å². The SMILES string of the molecule is CCOC(=O)[C@H]1CCN(C(=O)[C@H](Nc2ccc3c(N)nccc3c2)c2cc(Cl)ccc2F)[C@H]1c1ccccc1S(=O)(=O)CC. The molecule has 3 aromatic carbocycles. The topological polar surface area (TPSA) is 132 Å². The molecule has 1 aliphatic rings. The molecular formula is C32H32ClFN4O5S. The molecule has 5 rings (SSSR count). The molecule has 1 aliphatic heterocycles. The van der Waals surface area contributed by atoms with Gasteiger partial charge in [-0.05, 0) is 72.8 Å². The number of aromatic nitrogens is 1. The lowest BCUT2D eigenvalue weighted by Crippen LogP contribution is -2.40. The maximum Gasteiger partial charge on any atom is 0.311 e. The van der Waals surface area contributed by atoms with Gasteiger partial charge in [0.15, 0.2) is 9.84 Å². The van der Waals surface area contributed by atoms with Gasteiger partial charge in [0.05, 0.1) is 29.2 Å². The van der Waals surface area contributed by atoms with E-state index in [-0.39, 0.29) is 40.8 Å². The van der Waals surface area contributed by atoms with Crippen LogP contribution < -0.4 is 11.1 Å². The maximum atomic E-state index is 15.4. The van der Waals surface area contributed by atoms with Gasteiger partial charge < -0.3 is 20.7 Å². The van der Waals surface area contributed by atoms with Crippen LogP contribution in [0.5, 0.6) is 0 Å². The molecule has 44 heavy (non-hydrogen) atoms. The summed E-state index contributed by atoms with van der Waals surface area (Å²) in [5, 5.41) is 4.84. The van der Waals surface area contributed by atoms with Gasteiger partial charge in [-0.2, -0.15) is 0 Å². The van der Waals surface area contributed by atoms with Gasteiger partial charge >= 0.3 is 5.97 Å². The molecule has 2 heterocycles. The predicted octanol–water partition coefficient (Wildman–Crippen LogP) is 5.71. The smallest absolute Gasteiger partial charge is 0.311 e. The van der Waals surface area contributed by atoms with Gasteiger partial charge in [0.25, 0.3) is 0 Å². The Morgan fingerprint density at radius 2 is 1.91 bits per heavy atom. The number of anilines is 2. The number of rotatable bonds is 9. The highest BCUT2D eigenvalue weighted by Gasteiger charge is 2.46. The van der Waals surface area contributed by atoms with Crippen LogP contribution in [-0.4, -0.2) is 49.1 Å². The lowest BCUT2D eigenvalue weighted by atomic mass is 9.93. The molecule has 1 saturated heterocycles. The van der Waals surface area contributed by atoms with E-state index in [9.17, 15) is 18.0 Å². The number of hydrogen-bond acceptors (Lipinski definition) is 8. The standard InChI is InChI=1S/C32H32ClFN4O5S/c1-3-43-32(40)24-14-16-38(29(24)23-7-5-6-8-27(23)44(41,42)4-2)31(39)28(25-18-20(33)9-12-26(25)34)37-21-10-11-22-19(17-21)13-15-36-30(22)35/h5-13,15,17-18,24,28-29,37H,3-4,14,16H2,1-2H3,(H2,35,36)/t24-,28+,29-/m0/s1. The maximum absolute atomic E-state index is 15.4. The largest absolute Gasteiger partial charge is 0.466 e. The van der Waals surface area contributed by atoms with Crippen molar-refractivity contribution in [2.75, 3.05) is 30.0 Å².